The fraction of sp³-hybridized carbons (Fsp3) is 0.571. The minimum Gasteiger partial charge on any atom is -0.377 e. The largest absolute Gasteiger partial charge is 0.377 e. The second-order valence-electron chi connectivity index (χ2n) is 5.93. The summed E-state index contributed by atoms with van der Waals surface area (Å²) in [7, 11) is 0. The molecular weight excluding hydrogens is 232 g/mol. The molecule has 1 fully saturated rings. The molecule has 1 aromatic rings. The molecule has 1 atom stereocenters. The van der Waals surface area contributed by atoms with Crippen molar-refractivity contribution in [3.05, 3.63) is 29.3 Å². The normalized spacial score (nSPS) is 27.1. The maximum Gasteiger partial charge on any atom is 0.0637 e. The van der Waals surface area contributed by atoms with Crippen LogP contribution in [0, 0.1) is 5.41 Å². The highest BCUT2D eigenvalue weighted by atomic mass is 35.5. The Morgan fingerprint density at radius 2 is 2.00 bits per heavy atom. The van der Waals surface area contributed by atoms with Crippen LogP contribution >= 0.6 is 11.6 Å². The molecule has 3 N–H and O–H groups in total. The number of nitrogens with two attached hydrogens (primary N) is 1. The van der Waals surface area contributed by atoms with Crippen LogP contribution < -0.4 is 11.1 Å². The maximum absolute atomic E-state index is 6.19. The highest BCUT2D eigenvalue weighted by Crippen LogP contribution is 2.45. The van der Waals surface area contributed by atoms with Crippen molar-refractivity contribution in [2.75, 3.05) is 11.9 Å². The molecule has 3 heteroatoms. The molecule has 0 radical (unpaired) electrons. The van der Waals surface area contributed by atoms with E-state index in [2.05, 4.69) is 19.2 Å². The molecule has 0 saturated heterocycles. The number of halogens is 1. The van der Waals surface area contributed by atoms with Gasteiger partial charge in [0.15, 0.2) is 0 Å². The van der Waals surface area contributed by atoms with E-state index in [9.17, 15) is 0 Å². The smallest absolute Gasteiger partial charge is 0.0637 e. The van der Waals surface area contributed by atoms with Gasteiger partial charge in [-0.1, -0.05) is 37.6 Å². The second-order valence-corrected chi connectivity index (χ2v) is 6.34. The molecule has 1 aromatic carbocycles. The lowest BCUT2D eigenvalue weighted by atomic mass is 9.87. The summed E-state index contributed by atoms with van der Waals surface area (Å²) in [5, 5.41) is 4.34. The molecule has 0 amide bonds. The zero-order chi connectivity index (χ0) is 12.5. The number of nitrogens with one attached hydrogen (secondary N) is 1. The van der Waals surface area contributed by atoms with Gasteiger partial charge in [0.05, 0.1) is 16.2 Å². The van der Waals surface area contributed by atoms with Crippen LogP contribution in [-0.2, 0) is 0 Å². The van der Waals surface area contributed by atoms with Gasteiger partial charge in [-0.3, -0.25) is 0 Å². The van der Waals surface area contributed by atoms with E-state index >= 15 is 0 Å². The first-order valence-corrected chi connectivity index (χ1v) is 6.57. The highest BCUT2D eigenvalue weighted by Gasteiger charge is 2.42. The lowest BCUT2D eigenvalue weighted by molar-refractivity contribution is 0.351. The zero-order valence-electron chi connectivity index (χ0n) is 10.6. The number of hydrogen-bond donors (Lipinski definition) is 2. The number of para-hydroxylation sites is 1. The van der Waals surface area contributed by atoms with E-state index in [1.165, 1.54) is 6.42 Å². The number of hydrogen-bond acceptors (Lipinski definition) is 2. The summed E-state index contributed by atoms with van der Waals surface area (Å²) in [5.41, 5.74) is 7.36. The predicted octanol–water partition coefficient (Wildman–Crippen LogP) is 3.66. The number of anilines is 1. The lowest BCUT2D eigenvalue weighted by Gasteiger charge is -2.32. The average Bonchev–Trinajstić information content (AvgIpc) is 2.59. The third-order valence-electron chi connectivity index (χ3n) is 3.76. The van der Waals surface area contributed by atoms with Gasteiger partial charge in [0.25, 0.3) is 0 Å². The zero-order valence-corrected chi connectivity index (χ0v) is 11.3. The molecule has 1 saturated carbocycles. The minimum absolute atomic E-state index is 0.00843. The van der Waals surface area contributed by atoms with Gasteiger partial charge in [-0.05, 0) is 36.8 Å². The van der Waals surface area contributed by atoms with Crippen molar-refractivity contribution in [2.45, 2.75) is 38.6 Å². The molecule has 0 aliphatic heterocycles. The van der Waals surface area contributed by atoms with Gasteiger partial charge in [0.1, 0.15) is 0 Å². The van der Waals surface area contributed by atoms with E-state index < -0.39 is 0 Å². The number of benzene rings is 1. The van der Waals surface area contributed by atoms with E-state index in [4.69, 9.17) is 17.3 Å². The fourth-order valence-corrected chi connectivity index (χ4v) is 3.03. The summed E-state index contributed by atoms with van der Waals surface area (Å²) >= 11 is 6.19. The Kier molecular flexibility index (Phi) is 3.37. The van der Waals surface area contributed by atoms with Gasteiger partial charge in [0, 0.05) is 6.54 Å². The van der Waals surface area contributed by atoms with E-state index in [0.29, 0.717) is 12.0 Å². The summed E-state index contributed by atoms with van der Waals surface area (Å²) in [5.74, 6) is 0. The molecule has 94 valence electrons. The molecule has 0 spiro atoms. The van der Waals surface area contributed by atoms with Crippen molar-refractivity contribution < 1.29 is 0 Å². The standard InChI is InChI=1S/C14H21ClN2/c1-13(2)7-8-14(9-13,10-16)17-12-6-4-3-5-11(12)15/h3-6,17H,7-10,16H2,1-2H3. The summed E-state index contributed by atoms with van der Waals surface area (Å²) in [6, 6.07) is 7.87. The van der Waals surface area contributed by atoms with Crippen LogP contribution in [0.3, 0.4) is 0 Å². The Bertz CT molecular complexity index is 403. The molecule has 1 aliphatic rings. The van der Waals surface area contributed by atoms with Gasteiger partial charge in [-0.2, -0.15) is 0 Å². The molecule has 17 heavy (non-hydrogen) atoms. The van der Waals surface area contributed by atoms with Crippen LogP contribution in [-0.4, -0.2) is 12.1 Å². The Labute approximate surface area is 109 Å². The Morgan fingerprint density at radius 3 is 2.53 bits per heavy atom. The summed E-state index contributed by atoms with van der Waals surface area (Å²) < 4.78 is 0. The first-order valence-electron chi connectivity index (χ1n) is 6.19. The monoisotopic (exact) mass is 252 g/mol. The topological polar surface area (TPSA) is 38.0 Å². The lowest BCUT2D eigenvalue weighted by Crippen LogP contribution is -2.43. The molecule has 2 rings (SSSR count). The first-order chi connectivity index (χ1) is 7.96. The maximum atomic E-state index is 6.19. The summed E-state index contributed by atoms with van der Waals surface area (Å²) in [6.45, 7) is 5.26. The van der Waals surface area contributed by atoms with Gasteiger partial charge in [0.2, 0.25) is 0 Å². The van der Waals surface area contributed by atoms with Crippen molar-refractivity contribution in [2.24, 2.45) is 11.1 Å². The Morgan fingerprint density at radius 1 is 1.29 bits per heavy atom. The van der Waals surface area contributed by atoms with Crippen LogP contribution in [0.25, 0.3) is 0 Å². The van der Waals surface area contributed by atoms with Crippen molar-refractivity contribution in [1.29, 1.82) is 0 Å². The SMILES string of the molecule is CC1(C)CCC(CN)(Nc2ccccc2Cl)C1. The first kappa shape index (κ1) is 12.7. The van der Waals surface area contributed by atoms with Crippen LogP contribution in [0.15, 0.2) is 24.3 Å². The van der Waals surface area contributed by atoms with Gasteiger partial charge in [-0.15, -0.1) is 0 Å². The van der Waals surface area contributed by atoms with Gasteiger partial charge in [-0.25, -0.2) is 0 Å². The molecular formula is C14H21ClN2. The van der Waals surface area contributed by atoms with E-state index in [1.54, 1.807) is 0 Å². The van der Waals surface area contributed by atoms with E-state index in [1.807, 2.05) is 24.3 Å². The van der Waals surface area contributed by atoms with Gasteiger partial charge >= 0.3 is 0 Å². The van der Waals surface area contributed by atoms with E-state index in [0.717, 1.165) is 23.6 Å². The molecule has 1 aliphatic carbocycles. The fourth-order valence-electron chi connectivity index (χ4n) is 2.85. The van der Waals surface area contributed by atoms with Crippen LogP contribution in [0.5, 0.6) is 0 Å². The molecule has 0 aromatic heterocycles. The predicted molar refractivity (Wildman–Crippen MR) is 74.5 cm³/mol. The average molecular weight is 253 g/mol. The van der Waals surface area contributed by atoms with Crippen molar-refractivity contribution in [3.8, 4) is 0 Å². The van der Waals surface area contributed by atoms with Crippen molar-refractivity contribution in [1.82, 2.24) is 0 Å². The Balaban J connectivity index is 2.19. The molecule has 1 unspecified atom stereocenters. The summed E-state index contributed by atoms with van der Waals surface area (Å²) in [6.07, 6.45) is 3.42. The van der Waals surface area contributed by atoms with Crippen LogP contribution in [0.4, 0.5) is 5.69 Å². The third kappa shape index (κ3) is 2.75. The van der Waals surface area contributed by atoms with Gasteiger partial charge < -0.3 is 11.1 Å². The summed E-state index contributed by atoms with van der Waals surface area (Å²) in [4.78, 5) is 0. The van der Waals surface area contributed by atoms with Crippen LogP contribution in [0.2, 0.25) is 5.02 Å². The minimum atomic E-state index is 0.00843. The van der Waals surface area contributed by atoms with E-state index in [-0.39, 0.29) is 5.54 Å². The van der Waals surface area contributed by atoms with Crippen molar-refractivity contribution in [3.63, 3.8) is 0 Å². The molecule has 0 heterocycles. The third-order valence-corrected chi connectivity index (χ3v) is 4.09. The second kappa shape index (κ2) is 4.51. The number of rotatable bonds is 3. The van der Waals surface area contributed by atoms with Crippen molar-refractivity contribution >= 4 is 17.3 Å². The highest BCUT2D eigenvalue weighted by molar-refractivity contribution is 6.33. The Hall–Kier alpha value is -0.730. The molecule has 0 bridgehead atoms. The van der Waals surface area contributed by atoms with Crippen LogP contribution in [0.1, 0.15) is 33.1 Å². The quantitative estimate of drug-likeness (QED) is 0.862. The molecule has 2 nitrogen and oxygen atoms in total.